The molecule has 0 radical (unpaired) electrons. The summed E-state index contributed by atoms with van der Waals surface area (Å²) in [7, 11) is 0. The van der Waals surface area contributed by atoms with E-state index >= 15 is 0 Å². The molecular formula is C27H25ClFN5. The largest absolute Gasteiger partial charge is 0.375 e. The van der Waals surface area contributed by atoms with Crippen LogP contribution in [-0.4, -0.2) is 37.5 Å². The minimum Gasteiger partial charge on any atom is -0.375 e. The van der Waals surface area contributed by atoms with Crippen LogP contribution in [0.3, 0.4) is 0 Å². The normalized spacial score (nSPS) is 18.1. The number of likely N-dealkylation sites (tertiary alicyclic amines) is 1. The molecular weight excluding hydrogens is 449 g/mol. The average Bonchev–Trinajstić information content (AvgIpc) is 3.49. The van der Waals surface area contributed by atoms with Gasteiger partial charge >= 0.3 is 0 Å². The maximum absolute atomic E-state index is 13.3. The first-order valence-electron chi connectivity index (χ1n) is 11.7. The molecule has 2 aromatic carbocycles. The zero-order valence-electron chi connectivity index (χ0n) is 18.8. The van der Waals surface area contributed by atoms with Crippen molar-refractivity contribution in [3.05, 3.63) is 78.1 Å². The summed E-state index contributed by atoms with van der Waals surface area (Å²) in [4.78, 5) is 16.0. The van der Waals surface area contributed by atoms with Gasteiger partial charge in [-0.15, -0.1) is 0 Å². The van der Waals surface area contributed by atoms with Crippen molar-refractivity contribution in [3.63, 3.8) is 0 Å². The summed E-state index contributed by atoms with van der Waals surface area (Å²) in [5.41, 5.74) is 5.67. The van der Waals surface area contributed by atoms with Crippen molar-refractivity contribution in [3.8, 4) is 22.5 Å². The number of hydrogen-bond acceptors (Lipinski definition) is 4. The lowest BCUT2D eigenvalue weighted by Crippen LogP contribution is -2.22. The summed E-state index contributed by atoms with van der Waals surface area (Å²) in [5, 5.41) is 0.364. The third kappa shape index (κ3) is 3.96. The fraction of sp³-hybridized carbons (Fsp3) is 0.296. The van der Waals surface area contributed by atoms with Crippen LogP contribution < -0.4 is 0 Å². The first kappa shape index (κ1) is 21.3. The molecule has 7 heteroatoms. The summed E-state index contributed by atoms with van der Waals surface area (Å²) in [6.07, 6.45) is 5.17. The van der Waals surface area contributed by atoms with Crippen molar-refractivity contribution in [1.82, 2.24) is 24.4 Å². The van der Waals surface area contributed by atoms with Gasteiger partial charge in [0.2, 0.25) is 0 Å². The fourth-order valence-electron chi connectivity index (χ4n) is 4.93. The van der Waals surface area contributed by atoms with Crippen LogP contribution in [0.1, 0.15) is 19.3 Å². The SMILES string of the molecule is C=C(C1CC1)N1CCC(Cn2c(-c3ccc(-c4ccc(F)cc4)cc3)nc3c(Cl)ncnc32)C1. The van der Waals surface area contributed by atoms with Crippen molar-refractivity contribution >= 4 is 22.8 Å². The van der Waals surface area contributed by atoms with Crippen LogP contribution in [0.5, 0.6) is 0 Å². The van der Waals surface area contributed by atoms with Gasteiger partial charge in [-0.2, -0.15) is 0 Å². The molecule has 2 aliphatic rings. The van der Waals surface area contributed by atoms with Crippen molar-refractivity contribution in [2.24, 2.45) is 11.8 Å². The van der Waals surface area contributed by atoms with E-state index in [-0.39, 0.29) is 5.82 Å². The number of rotatable bonds is 6. The Morgan fingerprint density at radius 1 is 0.971 bits per heavy atom. The Hall–Kier alpha value is -3.25. The lowest BCUT2D eigenvalue weighted by Gasteiger charge is -2.21. The Balaban J connectivity index is 1.32. The molecule has 1 atom stereocenters. The number of halogens is 2. The molecule has 1 saturated carbocycles. The van der Waals surface area contributed by atoms with E-state index < -0.39 is 0 Å². The molecule has 1 aliphatic carbocycles. The van der Waals surface area contributed by atoms with Crippen molar-refractivity contribution in [2.75, 3.05) is 13.1 Å². The van der Waals surface area contributed by atoms with Gasteiger partial charge in [-0.05, 0) is 54.4 Å². The average molecular weight is 474 g/mol. The summed E-state index contributed by atoms with van der Waals surface area (Å²) in [5.74, 6) is 1.77. The van der Waals surface area contributed by atoms with Crippen LogP contribution in [-0.2, 0) is 6.54 Å². The van der Waals surface area contributed by atoms with Gasteiger partial charge in [0.1, 0.15) is 23.5 Å². The topological polar surface area (TPSA) is 46.8 Å². The van der Waals surface area contributed by atoms with Gasteiger partial charge in [-0.25, -0.2) is 19.3 Å². The van der Waals surface area contributed by atoms with E-state index in [1.807, 2.05) is 24.3 Å². The lowest BCUT2D eigenvalue weighted by molar-refractivity contribution is 0.372. The monoisotopic (exact) mass is 473 g/mol. The summed E-state index contributed by atoms with van der Waals surface area (Å²) >= 11 is 6.39. The standard InChI is InChI=1S/C27H25ClFN5/c1-17(19-2-3-19)33-13-12-18(14-33)15-34-26(32-24-25(28)30-16-31-27(24)34)22-6-4-20(5-7-22)21-8-10-23(29)11-9-21/h4-11,16,18-19H,1-3,12-15H2. The molecule has 6 rings (SSSR count). The number of aromatic nitrogens is 4. The molecule has 1 aliphatic heterocycles. The summed E-state index contributed by atoms with van der Waals surface area (Å²) in [6.45, 7) is 7.23. The zero-order valence-corrected chi connectivity index (χ0v) is 19.5. The lowest BCUT2D eigenvalue weighted by atomic mass is 10.0. The zero-order chi connectivity index (χ0) is 23.2. The van der Waals surface area contributed by atoms with E-state index in [9.17, 15) is 4.39 Å². The predicted octanol–water partition coefficient (Wildman–Crippen LogP) is 6.20. The number of hydrogen-bond donors (Lipinski definition) is 0. The first-order chi connectivity index (χ1) is 16.6. The smallest absolute Gasteiger partial charge is 0.165 e. The van der Waals surface area contributed by atoms with E-state index in [4.69, 9.17) is 16.6 Å². The molecule has 5 nitrogen and oxygen atoms in total. The molecule has 2 aromatic heterocycles. The van der Waals surface area contributed by atoms with Gasteiger partial charge < -0.3 is 9.47 Å². The van der Waals surface area contributed by atoms with Crippen molar-refractivity contribution in [1.29, 1.82) is 0 Å². The highest BCUT2D eigenvalue weighted by Gasteiger charge is 2.32. The Morgan fingerprint density at radius 2 is 1.65 bits per heavy atom. The van der Waals surface area contributed by atoms with Crippen LogP contribution >= 0.6 is 11.6 Å². The summed E-state index contributed by atoms with van der Waals surface area (Å²) < 4.78 is 15.5. The van der Waals surface area contributed by atoms with Crippen molar-refractivity contribution in [2.45, 2.75) is 25.8 Å². The molecule has 0 amide bonds. The highest BCUT2D eigenvalue weighted by molar-refractivity contribution is 6.33. The molecule has 2 fully saturated rings. The molecule has 4 aromatic rings. The molecule has 3 heterocycles. The number of nitrogens with zero attached hydrogens (tertiary/aromatic N) is 5. The highest BCUT2D eigenvalue weighted by Crippen LogP contribution is 2.39. The van der Waals surface area contributed by atoms with Gasteiger partial charge in [0.25, 0.3) is 0 Å². The number of imidazole rings is 1. The van der Waals surface area contributed by atoms with Crippen LogP contribution in [0.4, 0.5) is 4.39 Å². The van der Waals surface area contributed by atoms with Gasteiger partial charge in [0, 0.05) is 30.9 Å². The molecule has 0 N–H and O–H groups in total. The summed E-state index contributed by atoms with van der Waals surface area (Å²) in [6, 6.07) is 14.7. The van der Waals surface area contributed by atoms with E-state index in [0.29, 0.717) is 22.5 Å². The van der Waals surface area contributed by atoms with Crippen LogP contribution in [0.25, 0.3) is 33.7 Å². The second-order valence-corrected chi connectivity index (χ2v) is 9.69. The Bertz CT molecular complexity index is 1360. The molecule has 34 heavy (non-hydrogen) atoms. The van der Waals surface area contributed by atoms with Crippen LogP contribution in [0.2, 0.25) is 5.15 Å². The van der Waals surface area contributed by atoms with Gasteiger partial charge in [0.15, 0.2) is 10.8 Å². The highest BCUT2D eigenvalue weighted by atomic mass is 35.5. The third-order valence-corrected chi connectivity index (χ3v) is 7.27. The Morgan fingerprint density at radius 3 is 2.35 bits per heavy atom. The maximum Gasteiger partial charge on any atom is 0.165 e. The van der Waals surface area contributed by atoms with E-state index in [1.54, 1.807) is 12.1 Å². The second-order valence-electron chi connectivity index (χ2n) is 9.33. The third-order valence-electron chi connectivity index (χ3n) is 6.99. The minimum absolute atomic E-state index is 0.238. The number of allylic oxidation sites excluding steroid dienone is 1. The van der Waals surface area contributed by atoms with Gasteiger partial charge in [0.05, 0.1) is 0 Å². The Labute approximate surface area is 202 Å². The van der Waals surface area contributed by atoms with Gasteiger partial charge in [-0.1, -0.05) is 54.6 Å². The number of benzene rings is 2. The maximum atomic E-state index is 13.3. The molecule has 0 bridgehead atoms. The Kier molecular flexibility index (Phi) is 5.33. The fourth-order valence-corrected chi connectivity index (χ4v) is 5.10. The van der Waals surface area contributed by atoms with E-state index in [0.717, 1.165) is 54.2 Å². The minimum atomic E-state index is -0.238. The quantitative estimate of drug-likeness (QED) is 0.313. The molecule has 1 saturated heterocycles. The van der Waals surface area contributed by atoms with Gasteiger partial charge in [-0.3, -0.25) is 0 Å². The van der Waals surface area contributed by atoms with E-state index in [2.05, 4.69) is 26.0 Å². The number of fused-ring (bicyclic) bond motifs is 1. The first-order valence-corrected chi connectivity index (χ1v) is 12.1. The van der Waals surface area contributed by atoms with Crippen LogP contribution in [0, 0.1) is 17.7 Å². The van der Waals surface area contributed by atoms with Crippen LogP contribution in [0.15, 0.2) is 67.1 Å². The van der Waals surface area contributed by atoms with E-state index in [1.165, 1.54) is 37.0 Å². The molecule has 0 spiro atoms. The molecule has 172 valence electrons. The van der Waals surface area contributed by atoms with Crippen molar-refractivity contribution < 1.29 is 4.39 Å². The second kappa shape index (κ2) is 8.51. The predicted molar refractivity (Wildman–Crippen MR) is 133 cm³/mol. The molecule has 1 unspecified atom stereocenters.